The van der Waals surface area contributed by atoms with Crippen LogP contribution in [0.15, 0.2) is 85.2 Å². The van der Waals surface area contributed by atoms with E-state index < -0.39 is 0 Å². The Kier molecular flexibility index (Phi) is 5.33. The summed E-state index contributed by atoms with van der Waals surface area (Å²) >= 11 is 0. The van der Waals surface area contributed by atoms with Crippen molar-refractivity contribution in [3.63, 3.8) is 0 Å². The van der Waals surface area contributed by atoms with Crippen molar-refractivity contribution in [2.45, 2.75) is 5.92 Å². The van der Waals surface area contributed by atoms with Gasteiger partial charge in [0.25, 0.3) is 0 Å². The van der Waals surface area contributed by atoms with Gasteiger partial charge in [0.2, 0.25) is 5.88 Å². The topological polar surface area (TPSA) is 80.0 Å². The van der Waals surface area contributed by atoms with Crippen LogP contribution in [0.5, 0.6) is 28.9 Å². The Morgan fingerprint density at radius 2 is 1.59 bits per heavy atom. The van der Waals surface area contributed by atoms with Crippen LogP contribution in [0.3, 0.4) is 0 Å². The number of aromatic nitrogens is 4. The van der Waals surface area contributed by atoms with E-state index in [9.17, 15) is 0 Å². The Balaban J connectivity index is 1.51. The van der Waals surface area contributed by atoms with Gasteiger partial charge < -0.3 is 18.9 Å². The van der Waals surface area contributed by atoms with Gasteiger partial charge in [0.05, 0.1) is 32.5 Å². The van der Waals surface area contributed by atoms with Crippen LogP contribution >= 0.6 is 0 Å². The molecule has 6 aromatic rings. The monoisotopic (exact) mass is 516 g/mol. The summed E-state index contributed by atoms with van der Waals surface area (Å²) in [5.74, 6) is 3.55. The second kappa shape index (κ2) is 9.02. The lowest BCUT2D eigenvalue weighted by Crippen LogP contribution is -2.15. The van der Waals surface area contributed by atoms with E-state index in [2.05, 4.69) is 24.3 Å². The average molecular weight is 517 g/mol. The minimum atomic E-state index is -0.251. The molecule has 8 heteroatoms. The summed E-state index contributed by atoms with van der Waals surface area (Å²) in [6, 6.07) is 26.1. The normalized spacial score (nSPS) is 14.0. The fourth-order valence-electron chi connectivity index (χ4n) is 5.37. The molecule has 0 fully saturated rings. The molecule has 0 N–H and O–H groups in total. The molecule has 4 aromatic carbocycles. The molecule has 192 valence electrons. The summed E-state index contributed by atoms with van der Waals surface area (Å²) in [6.07, 6.45) is 1.64. The highest BCUT2D eigenvalue weighted by molar-refractivity contribution is 5.91. The Morgan fingerprint density at radius 1 is 0.795 bits per heavy atom. The quantitative estimate of drug-likeness (QED) is 0.267. The van der Waals surface area contributed by atoms with Crippen molar-refractivity contribution in [3.8, 4) is 40.3 Å². The maximum absolute atomic E-state index is 6.54. The van der Waals surface area contributed by atoms with Crippen LogP contribution in [0, 0.1) is 0 Å². The van der Waals surface area contributed by atoms with Gasteiger partial charge in [-0.05, 0) is 35.2 Å². The van der Waals surface area contributed by atoms with Crippen LogP contribution in [0.2, 0.25) is 0 Å². The zero-order valence-electron chi connectivity index (χ0n) is 21.6. The van der Waals surface area contributed by atoms with Crippen LogP contribution in [-0.2, 0) is 0 Å². The van der Waals surface area contributed by atoms with Crippen molar-refractivity contribution >= 4 is 16.4 Å². The number of methoxy groups -OCH3 is 3. The lowest BCUT2D eigenvalue weighted by atomic mass is 9.82. The summed E-state index contributed by atoms with van der Waals surface area (Å²) in [5.41, 5.74) is 4.26. The molecule has 0 spiro atoms. The van der Waals surface area contributed by atoms with Crippen LogP contribution in [-0.4, -0.2) is 40.9 Å². The highest BCUT2D eigenvalue weighted by Crippen LogP contribution is 2.51. The van der Waals surface area contributed by atoms with Crippen LogP contribution < -0.4 is 18.9 Å². The summed E-state index contributed by atoms with van der Waals surface area (Å²) < 4.78 is 25.0. The molecule has 0 amide bonds. The lowest BCUT2D eigenvalue weighted by molar-refractivity contribution is 0.354. The van der Waals surface area contributed by atoms with Gasteiger partial charge >= 0.3 is 0 Å². The highest BCUT2D eigenvalue weighted by atomic mass is 16.5. The SMILES string of the molecule is COc1ccc(C2c3ccc4ccccc4c3Oc3ncn4nc(-c5ccccc5OC)nc4c32)cc1OC. The summed E-state index contributed by atoms with van der Waals surface area (Å²) in [5, 5.41) is 6.87. The molecule has 1 aliphatic rings. The first-order valence-electron chi connectivity index (χ1n) is 12.5. The Morgan fingerprint density at radius 3 is 2.44 bits per heavy atom. The summed E-state index contributed by atoms with van der Waals surface area (Å²) in [7, 11) is 4.91. The van der Waals surface area contributed by atoms with E-state index in [0.29, 0.717) is 34.6 Å². The molecule has 0 bridgehead atoms. The smallest absolute Gasteiger partial charge is 0.228 e. The van der Waals surface area contributed by atoms with Gasteiger partial charge in [0, 0.05) is 16.9 Å². The molecule has 1 atom stereocenters. The number of nitrogens with zero attached hydrogens (tertiary/aromatic N) is 4. The number of benzene rings is 4. The molecule has 0 saturated heterocycles. The van der Waals surface area contributed by atoms with Crippen molar-refractivity contribution in [2.75, 3.05) is 21.3 Å². The third-order valence-corrected chi connectivity index (χ3v) is 7.18. The minimum Gasteiger partial charge on any atom is -0.496 e. The van der Waals surface area contributed by atoms with E-state index in [1.165, 1.54) is 0 Å². The molecule has 0 aliphatic carbocycles. The molecule has 8 nitrogen and oxygen atoms in total. The van der Waals surface area contributed by atoms with Crippen molar-refractivity contribution in [3.05, 3.63) is 102 Å². The van der Waals surface area contributed by atoms with E-state index >= 15 is 0 Å². The van der Waals surface area contributed by atoms with E-state index in [0.717, 1.165) is 38.8 Å². The Labute approximate surface area is 224 Å². The second-order valence-corrected chi connectivity index (χ2v) is 9.22. The lowest BCUT2D eigenvalue weighted by Gasteiger charge is -2.29. The van der Waals surface area contributed by atoms with Gasteiger partial charge in [-0.2, -0.15) is 0 Å². The molecule has 7 rings (SSSR count). The van der Waals surface area contributed by atoms with Crippen LogP contribution in [0.4, 0.5) is 0 Å². The first-order valence-corrected chi connectivity index (χ1v) is 12.5. The fourth-order valence-corrected chi connectivity index (χ4v) is 5.37. The molecule has 3 heterocycles. The second-order valence-electron chi connectivity index (χ2n) is 9.22. The molecule has 39 heavy (non-hydrogen) atoms. The van der Waals surface area contributed by atoms with Crippen LogP contribution in [0.1, 0.15) is 22.6 Å². The zero-order valence-corrected chi connectivity index (χ0v) is 21.6. The van der Waals surface area contributed by atoms with E-state index in [4.69, 9.17) is 34.0 Å². The third-order valence-electron chi connectivity index (χ3n) is 7.18. The Bertz CT molecular complexity index is 1880. The van der Waals surface area contributed by atoms with Gasteiger partial charge in [-0.15, -0.1) is 5.10 Å². The average Bonchev–Trinajstić information content (AvgIpc) is 3.44. The molecular formula is C31H24N4O4. The number of hydrogen-bond acceptors (Lipinski definition) is 7. The summed E-state index contributed by atoms with van der Waals surface area (Å²) in [6.45, 7) is 0. The number of rotatable bonds is 5. The van der Waals surface area contributed by atoms with Gasteiger partial charge in [0.15, 0.2) is 23.0 Å². The van der Waals surface area contributed by atoms with Gasteiger partial charge in [-0.1, -0.05) is 54.6 Å². The largest absolute Gasteiger partial charge is 0.496 e. The van der Waals surface area contributed by atoms with Crippen molar-refractivity contribution < 1.29 is 18.9 Å². The summed E-state index contributed by atoms with van der Waals surface area (Å²) in [4.78, 5) is 9.69. The van der Waals surface area contributed by atoms with E-state index in [-0.39, 0.29) is 5.92 Å². The Hall–Kier alpha value is -5.11. The molecule has 1 unspecified atom stereocenters. The van der Waals surface area contributed by atoms with E-state index in [1.54, 1.807) is 32.2 Å². The molecule has 0 saturated carbocycles. The molecular weight excluding hydrogens is 492 g/mol. The number of fused-ring (bicyclic) bond motifs is 6. The fraction of sp³-hybridized carbons (Fsp3) is 0.129. The van der Waals surface area contributed by atoms with Crippen molar-refractivity contribution in [1.82, 2.24) is 19.6 Å². The minimum absolute atomic E-state index is 0.251. The van der Waals surface area contributed by atoms with E-state index in [1.807, 2.05) is 54.6 Å². The van der Waals surface area contributed by atoms with Crippen LogP contribution in [0.25, 0.3) is 27.8 Å². The predicted molar refractivity (Wildman–Crippen MR) is 147 cm³/mol. The predicted octanol–water partition coefficient (Wildman–Crippen LogP) is 6.26. The maximum Gasteiger partial charge on any atom is 0.228 e. The molecule has 2 aromatic heterocycles. The van der Waals surface area contributed by atoms with Gasteiger partial charge in [0.1, 0.15) is 17.8 Å². The van der Waals surface area contributed by atoms with Gasteiger partial charge in [-0.25, -0.2) is 14.5 Å². The highest BCUT2D eigenvalue weighted by Gasteiger charge is 2.35. The standard InChI is InChI=1S/C31H24N4O4/c1-36-23-11-7-6-10-21(23)29-33-30-27-26(19-13-15-24(37-2)25(16-19)38-3)22-14-12-18-8-4-5-9-20(18)28(22)39-31(27)32-17-35(30)34-29/h4-17,26H,1-3H3. The van der Waals surface area contributed by atoms with Crippen molar-refractivity contribution in [2.24, 2.45) is 0 Å². The first-order chi connectivity index (χ1) is 19.2. The zero-order chi connectivity index (χ0) is 26.5. The number of hydrogen-bond donors (Lipinski definition) is 0. The molecule has 0 radical (unpaired) electrons. The number of para-hydroxylation sites is 1. The van der Waals surface area contributed by atoms with Crippen molar-refractivity contribution in [1.29, 1.82) is 0 Å². The third kappa shape index (κ3) is 3.56. The van der Waals surface area contributed by atoms with Gasteiger partial charge in [-0.3, -0.25) is 0 Å². The number of ether oxygens (including phenoxy) is 4. The maximum atomic E-state index is 6.54. The first kappa shape index (κ1) is 23.0. The molecule has 1 aliphatic heterocycles.